The predicted molar refractivity (Wildman–Crippen MR) is 95.9 cm³/mol. The van der Waals surface area contributed by atoms with Gasteiger partial charge in [0.25, 0.3) is 0 Å². The minimum atomic E-state index is -1.58. The van der Waals surface area contributed by atoms with E-state index in [1.807, 2.05) is 0 Å². The summed E-state index contributed by atoms with van der Waals surface area (Å²) in [7, 11) is 0. The van der Waals surface area contributed by atoms with Gasteiger partial charge >= 0.3 is 6.03 Å². The van der Waals surface area contributed by atoms with Crippen LogP contribution in [0.15, 0.2) is 23.7 Å². The van der Waals surface area contributed by atoms with Crippen molar-refractivity contribution in [2.45, 2.75) is 32.6 Å². The molecule has 0 aliphatic heterocycles. The lowest BCUT2D eigenvalue weighted by atomic mass is 9.83. The highest BCUT2D eigenvalue weighted by molar-refractivity contribution is 7.13. The van der Waals surface area contributed by atoms with E-state index in [0.717, 1.165) is 42.7 Å². The summed E-state index contributed by atoms with van der Waals surface area (Å²) in [5.41, 5.74) is -0.267. The first-order valence-corrected chi connectivity index (χ1v) is 9.45. The molecule has 0 bridgehead atoms. The van der Waals surface area contributed by atoms with Gasteiger partial charge < -0.3 is 0 Å². The summed E-state index contributed by atoms with van der Waals surface area (Å²) >= 11 is 1.22. The fourth-order valence-corrected chi connectivity index (χ4v) is 3.75. The van der Waals surface area contributed by atoms with Crippen molar-refractivity contribution < 1.29 is 18.0 Å². The van der Waals surface area contributed by atoms with Gasteiger partial charge in [0.15, 0.2) is 22.6 Å². The first-order valence-electron chi connectivity index (χ1n) is 8.57. The minimum Gasteiger partial charge on any atom is -0.291 e. The van der Waals surface area contributed by atoms with Crippen LogP contribution >= 0.6 is 11.3 Å². The predicted octanol–water partition coefficient (Wildman–Crippen LogP) is 5.43. The first-order chi connectivity index (χ1) is 12.5. The fourth-order valence-electron chi connectivity index (χ4n) is 3.23. The topological polar surface area (TPSA) is 45.2 Å². The number of hydrogen-bond donors (Lipinski definition) is 1. The number of aromatic nitrogens is 1. The standard InChI is InChI=1S/C18H20F3N3OS/c1-11-2-4-12(5-3-11)10-24(18(25)23-17-22-8-9-26-17)14-7-6-13(19)15(20)16(14)21/h6-9,11-12H,2-5,10H2,1H3,(H,22,23,25). The van der Waals surface area contributed by atoms with Gasteiger partial charge in [-0.05, 0) is 36.8 Å². The molecule has 1 aromatic heterocycles. The molecule has 1 aliphatic rings. The lowest BCUT2D eigenvalue weighted by Gasteiger charge is -2.31. The van der Waals surface area contributed by atoms with Gasteiger partial charge in [0.2, 0.25) is 0 Å². The van der Waals surface area contributed by atoms with E-state index in [1.54, 1.807) is 5.38 Å². The van der Waals surface area contributed by atoms with Crippen LogP contribution in [0.1, 0.15) is 32.6 Å². The second-order valence-corrected chi connectivity index (χ2v) is 7.59. The SMILES string of the molecule is CC1CCC(CN(C(=O)Nc2nccs2)c2ccc(F)c(F)c2F)CC1. The molecule has 2 aromatic rings. The number of hydrogen-bond acceptors (Lipinski definition) is 3. The third-order valence-corrected chi connectivity index (χ3v) is 5.46. The molecular formula is C18H20F3N3OS. The van der Waals surface area contributed by atoms with Crippen LogP contribution in [-0.2, 0) is 0 Å². The van der Waals surface area contributed by atoms with Crippen molar-refractivity contribution in [2.24, 2.45) is 11.8 Å². The molecule has 0 saturated heterocycles. The number of nitrogens with zero attached hydrogens (tertiary/aromatic N) is 2. The van der Waals surface area contributed by atoms with E-state index in [9.17, 15) is 18.0 Å². The Morgan fingerprint density at radius 2 is 1.96 bits per heavy atom. The molecule has 1 heterocycles. The normalized spacial score (nSPS) is 20.0. The molecule has 2 amide bonds. The lowest BCUT2D eigenvalue weighted by molar-refractivity contribution is 0.250. The average Bonchev–Trinajstić information content (AvgIpc) is 3.13. The van der Waals surface area contributed by atoms with E-state index in [-0.39, 0.29) is 18.2 Å². The van der Waals surface area contributed by atoms with Crippen LogP contribution < -0.4 is 10.2 Å². The molecule has 1 aromatic carbocycles. The Labute approximate surface area is 154 Å². The van der Waals surface area contributed by atoms with Gasteiger partial charge in [0, 0.05) is 18.1 Å². The monoisotopic (exact) mass is 383 g/mol. The van der Waals surface area contributed by atoms with Gasteiger partial charge in [-0.25, -0.2) is 22.9 Å². The molecular weight excluding hydrogens is 363 g/mol. The number of carbonyl (C=O) groups is 1. The molecule has 1 saturated carbocycles. The number of halogens is 3. The third-order valence-electron chi connectivity index (χ3n) is 4.77. The van der Waals surface area contributed by atoms with Crippen LogP contribution in [0.5, 0.6) is 0 Å². The molecule has 0 unspecified atom stereocenters. The summed E-state index contributed by atoms with van der Waals surface area (Å²) in [6.07, 6.45) is 5.42. The quantitative estimate of drug-likeness (QED) is 0.716. The van der Waals surface area contributed by atoms with Crippen LogP contribution in [0.4, 0.5) is 28.8 Å². The van der Waals surface area contributed by atoms with Crippen molar-refractivity contribution in [1.29, 1.82) is 0 Å². The maximum absolute atomic E-state index is 14.3. The molecule has 0 spiro atoms. The van der Waals surface area contributed by atoms with Gasteiger partial charge in [-0.1, -0.05) is 19.8 Å². The molecule has 1 N–H and O–H groups in total. The van der Waals surface area contributed by atoms with E-state index >= 15 is 0 Å². The first kappa shape index (κ1) is 18.7. The molecule has 1 aliphatic carbocycles. The van der Waals surface area contributed by atoms with Gasteiger partial charge in [-0.15, -0.1) is 11.3 Å². The zero-order valence-corrected chi connectivity index (χ0v) is 15.2. The third kappa shape index (κ3) is 4.17. The molecule has 1 fully saturated rings. The number of anilines is 2. The summed E-state index contributed by atoms with van der Waals surface area (Å²) < 4.78 is 41.3. The Hall–Kier alpha value is -2.09. The zero-order chi connectivity index (χ0) is 18.7. The van der Waals surface area contributed by atoms with Gasteiger partial charge in [0.05, 0.1) is 5.69 Å². The molecule has 0 radical (unpaired) electrons. The highest BCUT2D eigenvalue weighted by Gasteiger charge is 2.28. The molecule has 26 heavy (non-hydrogen) atoms. The Kier molecular flexibility index (Phi) is 5.80. The van der Waals surface area contributed by atoms with Crippen molar-refractivity contribution in [2.75, 3.05) is 16.8 Å². The Morgan fingerprint density at radius 1 is 1.23 bits per heavy atom. The van der Waals surface area contributed by atoms with Crippen LogP contribution in [0, 0.1) is 29.3 Å². The summed E-state index contributed by atoms with van der Waals surface area (Å²) in [6.45, 7) is 2.42. The van der Waals surface area contributed by atoms with Crippen molar-refractivity contribution >= 4 is 28.2 Å². The van der Waals surface area contributed by atoms with Gasteiger partial charge in [0.1, 0.15) is 0 Å². The highest BCUT2D eigenvalue weighted by atomic mass is 32.1. The maximum atomic E-state index is 14.3. The van der Waals surface area contributed by atoms with Crippen LogP contribution in [0.2, 0.25) is 0 Å². The number of carbonyl (C=O) groups excluding carboxylic acids is 1. The van der Waals surface area contributed by atoms with Crippen LogP contribution in [-0.4, -0.2) is 17.6 Å². The van der Waals surface area contributed by atoms with Crippen molar-refractivity contribution in [3.8, 4) is 0 Å². The maximum Gasteiger partial charge on any atom is 0.328 e. The van der Waals surface area contributed by atoms with E-state index in [1.165, 1.54) is 17.5 Å². The smallest absolute Gasteiger partial charge is 0.291 e. The fraction of sp³-hybridized carbons (Fsp3) is 0.444. The number of urea groups is 1. The van der Waals surface area contributed by atoms with Crippen LogP contribution in [0.25, 0.3) is 0 Å². The minimum absolute atomic E-state index is 0.181. The van der Waals surface area contributed by atoms with Crippen molar-refractivity contribution in [3.63, 3.8) is 0 Å². The lowest BCUT2D eigenvalue weighted by Crippen LogP contribution is -2.40. The zero-order valence-electron chi connectivity index (χ0n) is 14.3. The highest BCUT2D eigenvalue weighted by Crippen LogP contribution is 2.32. The van der Waals surface area contributed by atoms with Crippen molar-refractivity contribution in [1.82, 2.24) is 4.98 Å². The summed E-state index contributed by atoms with van der Waals surface area (Å²) in [5, 5.41) is 4.65. The molecule has 3 rings (SSSR count). The Morgan fingerprint density at radius 3 is 2.62 bits per heavy atom. The summed E-state index contributed by atoms with van der Waals surface area (Å²) in [4.78, 5) is 17.8. The van der Waals surface area contributed by atoms with Gasteiger partial charge in [-0.2, -0.15) is 0 Å². The largest absolute Gasteiger partial charge is 0.328 e. The Balaban J connectivity index is 1.85. The Bertz CT molecular complexity index is 761. The molecule has 0 atom stereocenters. The summed E-state index contributed by atoms with van der Waals surface area (Å²) in [5.74, 6) is -3.40. The van der Waals surface area contributed by atoms with E-state index in [2.05, 4.69) is 17.2 Å². The van der Waals surface area contributed by atoms with Gasteiger partial charge in [-0.3, -0.25) is 10.2 Å². The van der Waals surface area contributed by atoms with E-state index < -0.39 is 23.5 Å². The van der Waals surface area contributed by atoms with Crippen molar-refractivity contribution in [3.05, 3.63) is 41.2 Å². The molecule has 140 valence electrons. The second kappa shape index (κ2) is 8.07. The van der Waals surface area contributed by atoms with E-state index in [0.29, 0.717) is 11.0 Å². The molecule has 4 nitrogen and oxygen atoms in total. The molecule has 8 heteroatoms. The second-order valence-electron chi connectivity index (χ2n) is 6.70. The number of amides is 2. The number of benzene rings is 1. The average molecular weight is 383 g/mol. The number of rotatable bonds is 4. The summed E-state index contributed by atoms with van der Waals surface area (Å²) in [6, 6.07) is 1.32. The number of thiazole rings is 1. The van der Waals surface area contributed by atoms with Crippen LogP contribution in [0.3, 0.4) is 0 Å². The van der Waals surface area contributed by atoms with E-state index in [4.69, 9.17) is 0 Å². The number of nitrogens with one attached hydrogen (secondary N) is 1.